The molecule has 0 saturated heterocycles. The van der Waals surface area contributed by atoms with Crippen molar-refractivity contribution in [3.05, 3.63) is 57.7 Å². The number of fused-ring (bicyclic) bond motifs is 1. The summed E-state index contributed by atoms with van der Waals surface area (Å²) in [4.78, 5) is 7.10. The summed E-state index contributed by atoms with van der Waals surface area (Å²) in [6, 6.07) is 5.67. The largest absolute Gasteiger partial charge is 0.376 e. The van der Waals surface area contributed by atoms with Gasteiger partial charge in [-0.05, 0) is 76.9 Å². The van der Waals surface area contributed by atoms with Gasteiger partial charge in [0.2, 0.25) is 0 Å². The molecule has 204 valence electrons. The van der Waals surface area contributed by atoms with Crippen molar-refractivity contribution in [2.45, 2.75) is 79.8 Å². The minimum Gasteiger partial charge on any atom is -0.376 e. The van der Waals surface area contributed by atoms with Gasteiger partial charge in [-0.25, -0.2) is 4.39 Å². The van der Waals surface area contributed by atoms with Crippen molar-refractivity contribution < 1.29 is 9.13 Å². The van der Waals surface area contributed by atoms with Crippen LogP contribution in [0.2, 0.25) is 5.02 Å². The van der Waals surface area contributed by atoms with E-state index in [9.17, 15) is 0 Å². The molecule has 37 heavy (non-hydrogen) atoms. The monoisotopic (exact) mass is 529 g/mol. The van der Waals surface area contributed by atoms with Crippen LogP contribution in [0.25, 0.3) is 17.1 Å². The predicted molar refractivity (Wildman–Crippen MR) is 156 cm³/mol. The van der Waals surface area contributed by atoms with Crippen LogP contribution < -0.4 is 0 Å². The summed E-state index contributed by atoms with van der Waals surface area (Å²) in [7, 11) is 1.68. The topological polar surface area (TPSA) is 49.2 Å². The fourth-order valence-corrected chi connectivity index (χ4v) is 5.28. The smallest absolute Gasteiger partial charge is 0.129 e. The van der Waals surface area contributed by atoms with Crippen LogP contribution >= 0.6 is 11.6 Å². The highest BCUT2D eigenvalue weighted by atomic mass is 35.5. The lowest BCUT2D eigenvalue weighted by Crippen LogP contribution is -2.27. The lowest BCUT2D eigenvalue weighted by atomic mass is 9.79. The van der Waals surface area contributed by atoms with Crippen molar-refractivity contribution in [3.8, 4) is 11.3 Å². The number of rotatable bonds is 12. The Morgan fingerprint density at radius 2 is 1.81 bits per heavy atom. The third-order valence-electron chi connectivity index (χ3n) is 6.84. The fraction of sp³-hybridized carbons (Fsp3) is 0.548. The molecule has 1 N–H and O–H groups in total. The number of unbranched alkanes of at least 4 members (excludes halogenated alkanes) is 1. The van der Waals surface area contributed by atoms with Gasteiger partial charge in [0, 0.05) is 52.2 Å². The van der Waals surface area contributed by atoms with Gasteiger partial charge < -0.3 is 15.0 Å². The molecule has 0 bridgehead atoms. The van der Waals surface area contributed by atoms with E-state index in [0.29, 0.717) is 27.6 Å². The lowest BCUT2D eigenvalue weighted by molar-refractivity contribution is 0.0615. The number of methoxy groups -OCH3 is 1. The first-order valence-corrected chi connectivity index (χ1v) is 14.2. The molecule has 1 aromatic carbocycles. The van der Waals surface area contributed by atoms with Crippen LogP contribution in [-0.2, 0) is 4.74 Å². The van der Waals surface area contributed by atoms with Gasteiger partial charge in [0.05, 0.1) is 11.8 Å². The van der Waals surface area contributed by atoms with Crippen LogP contribution in [-0.4, -0.2) is 42.3 Å². The summed E-state index contributed by atoms with van der Waals surface area (Å²) in [5.41, 5.74) is 4.40. The van der Waals surface area contributed by atoms with E-state index < -0.39 is 0 Å². The lowest BCUT2D eigenvalue weighted by Gasteiger charge is -2.32. The zero-order valence-electron chi connectivity index (χ0n) is 23.8. The summed E-state index contributed by atoms with van der Waals surface area (Å²) < 4.78 is 21.8. The van der Waals surface area contributed by atoms with Crippen molar-refractivity contribution in [2.75, 3.05) is 26.7 Å². The first-order valence-electron chi connectivity index (χ1n) is 13.8. The second kappa shape index (κ2) is 15.4. The third-order valence-corrected chi connectivity index (χ3v) is 7.24. The number of hydrogen-bond donors (Lipinski definition) is 1. The van der Waals surface area contributed by atoms with Crippen LogP contribution in [0.15, 0.2) is 30.5 Å². The average Bonchev–Trinajstić information content (AvgIpc) is 2.89. The van der Waals surface area contributed by atoms with E-state index in [0.717, 1.165) is 68.4 Å². The molecule has 1 aliphatic rings. The summed E-state index contributed by atoms with van der Waals surface area (Å²) >= 11 is 6.38. The summed E-state index contributed by atoms with van der Waals surface area (Å²) in [5.74, 6) is -0.382. The third kappa shape index (κ3) is 7.72. The molecule has 3 rings (SSSR count). The van der Waals surface area contributed by atoms with E-state index in [1.54, 1.807) is 26.3 Å². The number of nitrogens with zero attached hydrogens (tertiary/aromatic N) is 2. The predicted octanol–water partition coefficient (Wildman–Crippen LogP) is 9.04. The van der Waals surface area contributed by atoms with Crippen LogP contribution in [0.4, 0.5) is 4.39 Å². The van der Waals surface area contributed by atoms with Gasteiger partial charge in [-0.1, -0.05) is 57.8 Å². The molecule has 2 atom stereocenters. The molecule has 0 spiro atoms. The summed E-state index contributed by atoms with van der Waals surface area (Å²) in [6.07, 6.45) is 8.29. The van der Waals surface area contributed by atoms with Gasteiger partial charge in [-0.15, -0.1) is 0 Å². The fourth-order valence-electron chi connectivity index (χ4n) is 5.10. The van der Waals surface area contributed by atoms with Gasteiger partial charge in [-0.3, -0.25) is 4.98 Å². The first-order chi connectivity index (χ1) is 17.8. The maximum atomic E-state index is 15.8. The molecule has 1 heterocycles. The molecule has 0 fully saturated rings. The summed E-state index contributed by atoms with van der Waals surface area (Å²) in [5, 5.41) is 8.96. The van der Waals surface area contributed by atoms with Crippen molar-refractivity contribution >= 4 is 23.1 Å². The standard InChI is InChI=1S/C29H39ClFN3O.C2H6/c1-6-13-34(14-7-2)15-9-8-10-22-17-25(31)27-26(29(22)35-5)23(20(4)32)18-33-28(27)21-12-11-19(3)24(30)16-21;1-2/h11-12,16-18,22,29,32H,6-10,13-15H2,1-5H3;1-2H3. The Labute approximate surface area is 228 Å². The van der Waals surface area contributed by atoms with Gasteiger partial charge in [0.1, 0.15) is 5.83 Å². The number of aryl methyl sites for hydroxylation is 1. The Kier molecular flexibility index (Phi) is 12.9. The van der Waals surface area contributed by atoms with Crippen LogP contribution in [0, 0.1) is 18.3 Å². The van der Waals surface area contributed by atoms with Crippen molar-refractivity contribution in [1.29, 1.82) is 5.41 Å². The molecule has 0 radical (unpaired) electrons. The average molecular weight is 530 g/mol. The van der Waals surface area contributed by atoms with Gasteiger partial charge in [-0.2, -0.15) is 0 Å². The molecule has 0 amide bonds. The van der Waals surface area contributed by atoms with E-state index in [2.05, 4.69) is 23.7 Å². The Morgan fingerprint density at radius 1 is 1.14 bits per heavy atom. The Morgan fingerprint density at radius 3 is 2.38 bits per heavy atom. The number of halogens is 2. The molecule has 0 saturated carbocycles. The molecular formula is C31H45ClFN3O. The molecule has 0 aliphatic heterocycles. The quantitative estimate of drug-likeness (QED) is 0.220. The Balaban J connectivity index is 0.00000235. The maximum absolute atomic E-state index is 15.8. The molecular weight excluding hydrogens is 485 g/mol. The summed E-state index contributed by atoms with van der Waals surface area (Å²) in [6.45, 7) is 15.4. The Bertz CT molecular complexity index is 1060. The van der Waals surface area contributed by atoms with E-state index in [4.69, 9.17) is 21.7 Å². The second-order valence-corrected chi connectivity index (χ2v) is 9.98. The minimum atomic E-state index is -0.329. The van der Waals surface area contributed by atoms with E-state index in [1.807, 2.05) is 39.0 Å². The molecule has 6 heteroatoms. The number of hydrogen-bond acceptors (Lipinski definition) is 4. The molecule has 2 unspecified atom stereocenters. The Hall–Kier alpha value is -2.08. The number of ether oxygens (including phenoxy) is 1. The van der Waals surface area contributed by atoms with Gasteiger partial charge in [0.15, 0.2) is 0 Å². The van der Waals surface area contributed by atoms with Gasteiger partial charge in [0.25, 0.3) is 0 Å². The molecule has 1 aromatic heterocycles. The van der Waals surface area contributed by atoms with Crippen LogP contribution in [0.3, 0.4) is 0 Å². The van der Waals surface area contributed by atoms with E-state index in [-0.39, 0.29) is 17.8 Å². The maximum Gasteiger partial charge on any atom is 0.129 e. The number of nitrogens with one attached hydrogen (secondary N) is 1. The van der Waals surface area contributed by atoms with Crippen molar-refractivity contribution in [2.24, 2.45) is 5.92 Å². The van der Waals surface area contributed by atoms with Crippen LogP contribution in [0.5, 0.6) is 0 Å². The highest BCUT2D eigenvalue weighted by molar-refractivity contribution is 6.31. The minimum absolute atomic E-state index is 0.0896. The van der Waals surface area contributed by atoms with Crippen LogP contribution in [0.1, 0.15) is 95.1 Å². The van der Waals surface area contributed by atoms with Crippen molar-refractivity contribution in [1.82, 2.24) is 9.88 Å². The SMILES string of the molecule is CC.CCCN(CCC)CCCCC1C=C(F)c2c(-c3ccc(C)c(Cl)c3)ncc(C(C)=N)c2C1OC. The zero-order chi connectivity index (χ0) is 27.5. The molecule has 2 aromatic rings. The van der Waals surface area contributed by atoms with Crippen molar-refractivity contribution in [3.63, 3.8) is 0 Å². The number of benzene rings is 1. The number of pyridine rings is 1. The highest BCUT2D eigenvalue weighted by Crippen LogP contribution is 2.46. The normalized spacial score (nSPS) is 16.6. The second-order valence-electron chi connectivity index (χ2n) is 9.57. The van der Waals surface area contributed by atoms with E-state index >= 15 is 4.39 Å². The molecule has 1 aliphatic carbocycles. The molecule has 4 nitrogen and oxygen atoms in total. The first kappa shape index (κ1) is 31.1. The number of aromatic nitrogens is 1. The van der Waals surface area contributed by atoms with Gasteiger partial charge >= 0.3 is 0 Å². The zero-order valence-corrected chi connectivity index (χ0v) is 24.5. The van der Waals surface area contributed by atoms with E-state index in [1.165, 1.54) is 0 Å². The highest BCUT2D eigenvalue weighted by Gasteiger charge is 2.35.